The highest BCUT2D eigenvalue weighted by molar-refractivity contribution is 7.99. The SMILES string of the molecule is N=C(N)c1ccc(Sc2nnc3ccccn23)c(F)c1. The lowest BCUT2D eigenvalue weighted by Gasteiger charge is -2.04. The van der Waals surface area contributed by atoms with Crippen LogP contribution in [0, 0.1) is 11.2 Å². The molecule has 100 valence electrons. The summed E-state index contributed by atoms with van der Waals surface area (Å²) in [6.07, 6.45) is 1.82. The molecule has 3 aromatic rings. The fourth-order valence-electron chi connectivity index (χ4n) is 1.74. The molecule has 0 saturated heterocycles. The Bertz CT molecular complexity index is 798. The smallest absolute Gasteiger partial charge is 0.200 e. The van der Waals surface area contributed by atoms with E-state index in [1.54, 1.807) is 16.5 Å². The fraction of sp³-hybridized carbons (Fsp3) is 0. The normalized spacial score (nSPS) is 10.8. The van der Waals surface area contributed by atoms with Crippen LogP contribution in [0.1, 0.15) is 5.56 Å². The van der Waals surface area contributed by atoms with Crippen molar-refractivity contribution in [3.63, 3.8) is 0 Å². The lowest BCUT2D eigenvalue weighted by atomic mass is 10.2. The summed E-state index contributed by atoms with van der Waals surface area (Å²) in [5.74, 6) is -0.594. The van der Waals surface area contributed by atoms with Crippen LogP contribution in [-0.2, 0) is 0 Å². The molecular weight excluding hydrogens is 277 g/mol. The van der Waals surface area contributed by atoms with Crippen LogP contribution in [0.3, 0.4) is 0 Å². The first-order chi connectivity index (χ1) is 9.65. The van der Waals surface area contributed by atoms with Gasteiger partial charge in [0.1, 0.15) is 11.7 Å². The molecule has 0 spiro atoms. The quantitative estimate of drug-likeness (QED) is 0.572. The molecule has 2 heterocycles. The average molecular weight is 287 g/mol. The zero-order valence-corrected chi connectivity index (χ0v) is 11.1. The maximum absolute atomic E-state index is 14.0. The van der Waals surface area contributed by atoms with Crippen molar-refractivity contribution < 1.29 is 4.39 Å². The van der Waals surface area contributed by atoms with E-state index in [0.29, 0.717) is 21.3 Å². The largest absolute Gasteiger partial charge is 0.384 e. The summed E-state index contributed by atoms with van der Waals surface area (Å²) in [6, 6.07) is 9.98. The molecule has 7 heteroatoms. The van der Waals surface area contributed by atoms with Gasteiger partial charge in [-0.15, -0.1) is 10.2 Å². The molecule has 0 aliphatic rings. The van der Waals surface area contributed by atoms with E-state index in [9.17, 15) is 4.39 Å². The number of benzene rings is 1. The van der Waals surface area contributed by atoms with Gasteiger partial charge in [0.15, 0.2) is 5.65 Å². The van der Waals surface area contributed by atoms with Crippen LogP contribution >= 0.6 is 11.8 Å². The lowest BCUT2D eigenvalue weighted by Crippen LogP contribution is -2.11. The van der Waals surface area contributed by atoms with E-state index in [-0.39, 0.29) is 5.84 Å². The van der Waals surface area contributed by atoms with Gasteiger partial charge in [-0.25, -0.2) is 4.39 Å². The second-order valence-electron chi connectivity index (χ2n) is 4.07. The van der Waals surface area contributed by atoms with Crippen molar-refractivity contribution >= 4 is 23.2 Å². The number of hydrogen-bond donors (Lipinski definition) is 2. The average Bonchev–Trinajstić information content (AvgIpc) is 2.84. The number of nitrogens with one attached hydrogen (secondary N) is 1. The molecule has 3 N–H and O–H groups in total. The first-order valence-electron chi connectivity index (χ1n) is 5.77. The van der Waals surface area contributed by atoms with Gasteiger partial charge in [-0.2, -0.15) is 0 Å². The van der Waals surface area contributed by atoms with E-state index in [1.165, 1.54) is 17.8 Å². The third-order valence-corrected chi connectivity index (χ3v) is 3.74. The van der Waals surface area contributed by atoms with Crippen LogP contribution < -0.4 is 5.73 Å². The molecule has 0 atom stereocenters. The molecule has 0 saturated carbocycles. The van der Waals surface area contributed by atoms with Gasteiger partial charge in [-0.05, 0) is 42.1 Å². The van der Waals surface area contributed by atoms with Crippen molar-refractivity contribution in [2.24, 2.45) is 5.73 Å². The summed E-state index contributed by atoms with van der Waals surface area (Å²) < 4.78 is 15.8. The fourth-order valence-corrected chi connectivity index (χ4v) is 2.56. The Kier molecular flexibility index (Phi) is 3.11. The molecule has 0 aliphatic heterocycles. The van der Waals surface area contributed by atoms with Gasteiger partial charge in [-0.1, -0.05) is 6.07 Å². The molecule has 0 aliphatic carbocycles. The number of pyridine rings is 1. The molecule has 2 aromatic heterocycles. The highest BCUT2D eigenvalue weighted by Crippen LogP contribution is 2.29. The highest BCUT2D eigenvalue weighted by atomic mass is 32.2. The summed E-state index contributed by atoms with van der Waals surface area (Å²) in [4.78, 5) is 0.410. The van der Waals surface area contributed by atoms with E-state index in [1.807, 2.05) is 24.4 Å². The minimum Gasteiger partial charge on any atom is -0.384 e. The summed E-state index contributed by atoms with van der Waals surface area (Å²) in [5.41, 5.74) is 6.39. The van der Waals surface area contributed by atoms with Crippen LogP contribution in [0.5, 0.6) is 0 Å². The maximum atomic E-state index is 14.0. The van der Waals surface area contributed by atoms with Gasteiger partial charge in [0.25, 0.3) is 0 Å². The number of halogens is 1. The predicted octanol–water partition coefficient (Wildman–Crippen LogP) is 2.30. The maximum Gasteiger partial charge on any atom is 0.200 e. The minimum absolute atomic E-state index is 0.159. The summed E-state index contributed by atoms with van der Waals surface area (Å²) in [7, 11) is 0. The van der Waals surface area contributed by atoms with E-state index in [4.69, 9.17) is 11.1 Å². The van der Waals surface area contributed by atoms with Crippen LogP contribution in [0.2, 0.25) is 0 Å². The van der Waals surface area contributed by atoms with Gasteiger partial charge in [0.05, 0.1) is 4.90 Å². The number of nitrogens with zero attached hydrogens (tertiary/aromatic N) is 3. The zero-order chi connectivity index (χ0) is 14.1. The summed E-state index contributed by atoms with van der Waals surface area (Å²) in [6.45, 7) is 0. The molecule has 0 unspecified atom stereocenters. The zero-order valence-electron chi connectivity index (χ0n) is 10.2. The Morgan fingerprint density at radius 1 is 1.25 bits per heavy atom. The molecule has 0 amide bonds. The van der Waals surface area contributed by atoms with Gasteiger partial charge in [0.2, 0.25) is 5.16 Å². The van der Waals surface area contributed by atoms with E-state index in [0.717, 1.165) is 0 Å². The first-order valence-corrected chi connectivity index (χ1v) is 6.58. The Balaban J connectivity index is 1.97. The molecule has 3 rings (SSSR count). The Morgan fingerprint density at radius 3 is 2.85 bits per heavy atom. The summed E-state index contributed by atoms with van der Waals surface area (Å²) in [5, 5.41) is 15.9. The van der Waals surface area contributed by atoms with Crippen molar-refractivity contribution in [1.82, 2.24) is 14.6 Å². The number of rotatable bonds is 3. The number of hydrogen-bond acceptors (Lipinski definition) is 4. The van der Waals surface area contributed by atoms with Gasteiger partial charge in [0, 0.05) is 11.8 Å². The number of aromatic nitrogens is 3. The highest BCUT2D eigenvalue weighted by Gasteiger charge is 2.11. The second kappa shape index (κ2) is 4.93. The van der Waals surface area contributed by atoms with Crippen LogP contribution in [0.25, 0.3) is 5.65 Å². The van der Waals surface area contributed by atoms with Crippen molar-refractivity contribution in [1.29, 1.82) is 5.41 Å². The number of nitrogens with two attached hydrogens (primary N) is 1. The molecule has 0 radical (unpaired) electrons. The van der Waals surface area contributed by atoms with Crippen LogP contribution in [-0.4, -0.2) is 20.4 Å². The Labute approximate surface area is 118 Å². The van der Waals surface area contributed by atoms with Crippen molar-refractivity contribution in [3.05, 3.63) is 54.0 Å². The number of fused-ring (bicyclic) bond motifs is 1. The third-order valence-electron chi connectivity index (χ3n) is 2.73. The molecule has 0 bridgehead atoms. The van der Waals surface area contributed by atoms with Crippen molar-refractivity contribution in [2.45, 2.75) is 10.1 Å². The topological polar surface area (TPSA) is 80.1 Å². The molecular formula is C13H10FN5S. The van der Waals surface area contributed by atoms with E-state index < -0.39 is 5.82 Å². The lowest BCUT2D eigenvalue weighted by molar-refractivity contribution is 0.601. The van der Waals surface area contributed by atoms with E-state index in [2.05, 4.69) is 10.2 Å². The van der Waals surface area contributed by atoms with Crippen molar-refractivity contribution in [3.8, 4) is 0 Å². The summed E-state index contributed by atoms with van der Waals surface area (Å²) >= 11 is 1.17. The van der Waals surface area contributed by atoms with Crippen LogP contribution in [0.4, 0.5) is 4.39 Å². The molecule has 1 aromatic carbocycles. The monoisotopic (exact) mass is 287 g/mol. The van der Waals surface area contributed by atoms with Crippen molar-refractivity contribution in [2.75, 3.05) is 0 Å². The molecule has 0 fully saturated rings. The minimum atomic E-state index is -0.435. The molecule has 20 heavy (non-hydrogen) atoms. The Morgan fingerprint density at radius 2 is 2.10 bits per heavy atom. The predicted molar refractivity (Wildman–Crippen MR) is 74.5 cm³/mol. The van der Waals surface area contributed by atoms with Crippen LogP contribution in [0.15, 0.2) is 52.6 Å². The molecule has 5 nitrogen and oxygen atoms in total. The standard InChI is InChI=1S/C13H10FN5S/c14-9-7-8(12(15)16)4-5-10(9)20-13-18-17-11-3-1-2-6-19(11)13/h1-7H,(H3,15,16). The third kappa shape index (κ3) is 2.23. The van der Waals surface area contributed by atoms with Gasteiger partial charge in [-0.3, -0.25) is 9.81 Å². The number of amidine groups is 1. The number of nitrogen functional groups attached to an aromatic ring is 1. The van der Waals surface area contributed by atoms with Gasteiger partial charge < -0.3 is 5.73 Å². The van der Waals surface area contributed by atoms with E-state index >= 15 is 0 Å². The van der Waals surface area contributed by atoms with Gasteiger partial charge >= 0.3 is 0 Å². The first kappa shape index (κ1) is 12.6. The Hall–Kier alpha value is -2.41. The second-order valence-corrected chi connectivity index (χ2v) is 5.08.